The maximum atomic E-state index is 11.3. The van der Waals surface area contributed by atoms with Gasteiger partial charge in [-0.25, -0.2) is 4.79 Å². The van der Waals surface area contributed by atoms with Crippen LogP contribution in [0.3, 0.4) is 0 Å². The fraction of sp³-hybridized carbons (Fsp3) is 0.750. The average molecular weight is 170 g/mol. The van der Waals surface area contributed by atoms with Gasteiger partial charge in [0.2, 0.25) is 0 Å². The van der Waals surface area contributed by atoms with Crippen LogP contribution in [0.5, 0.6) is 0 Å². The first-order valence-corrected chi connectivity index (χ1v) is 4.17. The summed E-state index contributed by atoms with van der Waals surface area (Å²) >= 11 is 0. The summed E-state index contributed by atoms with van der Waals surface area (Å²) in [4.78, 5) is 25.5. The third-order valence-corrected chi connectivity index (χ3v) is 2.06. The van der Waals surface area contributed by atoms with Crippen LogP contribution in [-0.2, 0) is 4.79 Å². The molecule has 68 valence electrons. The van der Waals surface area contributed by atoms with E-state index in [-0.39, 0.29) is 18.4 Å². The maximum Gasteiger partial charge on any atom is 0.320 e. The highest BCUT2D eigenvalue weighted by Crippen LogP contribution is 2.05. The zero-order valence-corrected chi connectivity index (χ0v) is 7.54. The number of rotatable bonds is 3. The number of hydrogen-bond acceptors (Lipinski definition) is 2. The monoisotopic (exact) mass is 170 g/mol. The van der Waals surface area contributed by atoms with Crippen molar-refractivity contribution in [1.29, 1.82) is 0 Å². The van der Waals surface area contributed by atoms with Gasteiger partial charge in [0.15, 0.2) is 5.78 Å². The minimum absolute atomic E-state index is 0.0307. The summed E-state index contributed by atoms with van der Waals surface area (Å²) < 4.78 is 0. The molecular weight excluding hydrogens is 156 g/mol. The Balaban J connectivity index is 2.44. The summed E-state index contributed by atoms with van der Waals surface area (Å²) in [5, 5.41) is 0. The number of ketones is 1. The van der Waals surface area contributed by atoms with Crippen molar-refractivity contribution in [2.75, 3.05) is 26.7 Å². The average Bonchev–Trinajstić information content (AvgIpc) is 2.36. The number of hydrogen-bond donors (Lipinski definition) is 0. The van der Waals surface area contributed by atoms with Crippen molar-refractivity contribution in [2.45, 2.75) is 13.3 Å². The lowest BCUT2D eigenvalue weighted by atomic mass is 10.3. The SMILES string of the molecule is CCC(=O)CN1CCN(C)C1=O. The molecule has 0 unspecified atom stereocenters. The Kier molecular flexibility index (Phi) is 2.68. The minimum Gasteiger partial charge on any atom is -0.326 e. The van der Waals surface area contributed by atoms with E-state index in [1.165, 1.54) is 0 Å². The van der Waals surface area contributed by atoms with Crippen LogP contribution in [0.25, 0.3) is 0 Å². The van der Waals surface area contributed by atoms with Gasteiger partial charge in [-0.1, -0.05) is 6.92 Å². The van der Waals surface area contributed by atoms with Crippen LogP contribution < -0.4 is 0 Å². The van der Waals surface area contributed by atoms with E-state index in [9.17, 15) is 9.59 Å². The smallest absolute Gasteiger partial charge is 0.320 e. The highest BCUT2D eigenvalue weighted by molar-refractivity contribution is 5.86. The summed E-state index contributed by atoms with van der Waals surface area (Å²) in [6.07, 6.45) is 0.507. The van der Waals surface area contributed by atoms with Gasteiger partial charge in [0.25, 0.3) is 0 Å². The van der Waals surface area contributed by atoms with E-state index < -0.39 is 0 Å². The lowest BCUT2D eigenvalue weighted by molar-refractivity contribution is -0.119. The van der Waals surface area contributed by atoms with Gasteiger partial charge in [0, 0.05) is 26.6 Å². The molecule has 0 aromatic rings. The molecule has 0 saturated carbocycles. The van der Waals surface area contributed by atoms with E-state index in [1.54, 1.807) is 16.8 Å². The van der Waals surface area contributed by atoms with Gasteiger partial charge in [-0.3, -0.25) is 4.79 Å². The molecule has 0 N–H and O–H groups in total. The van der Waals surface area contributed by atoms with Crippen LogP contribution in [0.2, 0.25) is 0 Å². The van der Waals surface area contributed by atoms with Crippen molar-refractivity contribution in [3.8, 4) is 0 Å². The van der Waals surface area contributed by atoms with Crippen LogP contribution in [0.4, 0.5) is 4.79 Å². The predicted octanol–water partition coefficient (Wildman–Crippen LogP) is 0.333. The van der Waals surface area contributed by atoms with Gasteiger partial charge >= 0.3 is 6.03 Å². The molecule has 1 aliphatic rings. The number of carbonyl (C=O) groups is 2. The van der Waals surface area contributed by atoms with E-state index in [1.807, 2.05) is 6.92 Å². The first-order chi connectivity index (χ1) is 5.65. The van der Waals surface area contributed by atoms with Gasteiger partial charge < -0.3 is 9.80 Å². The number of nitrogens with zero attached hydrogens (tertiary/aromatic N) is 2. The molecule has 1 rings (SSSR count). The minimum atomic E-state index is -0.0307. The van der Waals surface area contributed by atoms with Crippen molar-refractivity contribution >= 4 is 11.8 Å². The molecule has 0 spiro atoms. The highest BCUT2D eigenvalue weighted by Gasteiger charge is 2.25. The molecule has 0 aliphatic carbocycles. The van der Waals surface area contributed by atoms with E-state index in [0.29, 0.717) is 13.0 Å². The molecule has 4 nitrogen and oxygen atoms in total. The summed E-state index contributed by atoms with van der Waals surface area (Å²) in [6, 6.07) is -0.0307. The molecule has 1 saturated heterocycles. The topological polar surface area (TPSA) is 40.6 Å². The Morgan fingerprint density at radius 2 is 2.17 bits per heavy atom. The zero-order chi connectivity index (χ0) is 9.14. The Bertz CT molecular complexity index is 203. The molecule has 0 bridgehead atoms. The molecule has 0 radical (unpaired) electrons. The fourth-order valence-corrected chi connectivity index (χ4v) is 1.17. The molecule has 1 heterocycles. The number of likely N-dealkylation sites (N-methyl/N-ethyl adjacent to an activating group) is 1. The van der Waals surface area contributed by atoms with E-state index in [0.717, 1.165) is 6.54 Å². The molecule has 0 aromatic heterocycles. The second kappa shape index (κ2) is 3.56. The van der Waals surface area contributed by atoms with Crippen molar-refractivity contribution in [2.24, 2.45) is 0 Å². The Hall–Kier alpha value is -1.06. The number of urea groups is 1. The normalized spacial score (nSPS) is 17.3. The lowest BCUT2D eigenvalue weighted by Crippen LogP contribution is -2.33. The largest absolute Gasteiger partial charge is 0.326 e. The van der Waals surface area contributed by atoms with Crippen molar-refractivity contribution in [1.82, 2.24) is 9.80 Å². The number of amides is 2. The molecule has 1 fully saturated rings. The maximum absolute atomic E-state index is 11.3. The van der Waals surface area contributed by atoms with Crippen LogP contribution in [0.1, 0.15) is 13.3 Å². The van der Waals surface area contributed by atoms with Crippen molar-refractivity contribution in [3.63, 3.8) is 0 Å². The molecule has 12 heavy (non-hydrogen) atoms. The van der Waals surface area contributed by atoms with Gasteiger partial charge in [-0.05, 0) is 0 Å². The summed E-state index contributed by atoms with van der Waals surface area (Å²) in [5.74, 6) is 0.124. The van der Waals surface area contributed by atoms with Crippen LogP contribution in [0.15, 0.2) is 0 Å². The molecule has 4 heteroatoms. The van der Waals surface area contributed by atoms with E-state index in [4.69, 9.17) is 0 Å². The Labute approximate surface area is 72.1 Å². The van der Waals surface area contributed by atoms with Gasteiger partial charge in [0.05, 0.1) is 6.54 Å². The fourth-order valence-electron chi connectivity index (χ4n) is 1.17. The van der Waals surface area contributed by atoms with Gasteiger partial charge in [-0.15, -0.1) is 0 Å². The highest BCUT2D eigenvalue weighted by atomic mass is 16.2. The standard InChI is InChI=1S/C8H14N2O2/c1-3-7(11)6-10-5-4-9(2)8(10)12/h3-6H2,1-2H3. The first kappa shape index (κ1) is 9.03. The van der Waals surface area contributed by atoms with E-state index >= 15 is 0 Å². The zero-order valence-electron chi connectivity index (χ0n) is 7.54. The van der Waals surface area contributed by atoms with Crippen LogP contribution >= 0.6 is 0 Å². The van der Waals surface area contributed by atoms with Gasteiger partial charge in [0.1, 0.15) is 0 Å². The van der Waals surface area contributed by atoms with Crippen LogP contribution in [0, 0.1) is 0 Å². The lowest BCUT2D eigenvalue weighted by Gasteiger charge is -2.13. The summed E-state index contributed by atoms with van der Waals surface area (Å²) in [5.41, 5.74) is 0. The van der Waals surface area contributed by atoms with Gasteiger partial charge in [-0.2, -0.15) is 0 Å². The molecule has 0 aromatic carbocycles. The predicted molar refractivity (Wildman–Crippen MR) is 44.9 cm³/mol. The third kappa shape index (κ3) is 1.75. The summed E-state index contributed by atoms with van der Waals surface area (Å²) in [6.45, 7) is 3.50. The first-order valence-electron chi connectivity index (χ1n) is 4.17. The molecule has 2 amide bonds. The second-order valence-electron chi connectivity index (χ2n) is 3.02. The second-order valence-corrected chi connectivity index (χ2v) is 3.02. The molecular formula is C8H14N2O2. The van der Waals surface area contributed by atoms with Crippen LogP contribution in [-0.4, -0.2) is 48.3 Å². The molecule has 0 atom stereocenters. The molecule has 1 aliphatic heterocycles. The number of Topliss-reactive ketones (excluding diaryl/α,β-unsaturated/α-hetero) is 1. The quantitative estimate of drug-likeness (QED) is 0.612. The third-order valence-electron chi connectivity index (χ3n) is 2.06. The van der Waals surface area contributed by atoms with Crippen molar-refractivity contribution < 1.29 is 9.59 Å². The number of carbonyl (C=O) groups excluding carboxylic acids is 2. The summed E-state index contributed by atoms with van der Waals surface area (Å²) in [7, 11) is 1.75. The van der Waals surface area contributed by atoms with E-state index in [2.05, 4.69) is 0 Å². The Morgan fingerprint density at radius 3 is 2.58 bits per heavy atom. The Morgan fingerprint density at radius 1 is 1.50 bits per heavy atom. The van der Waals surface area contributed by atoms with Crippen molar-refractivity contribution in [3.05, 3.63) is 0 Å².